The lowest BCUT2D eigenvalue weighted by Crippen LogP contribution is -2.40. The zero-order chi connectivity index (χ0) is 12.8. The second-order valence-corrected chi connectivity index (χ2v) is 4.34. The fourth-order valence-corrected chi connectivity index (χ4v) is 2.38. The summed E-state index contributed by atoms with van der Waals surface area (Å²) < 4.78 is 0. The monoisotopic (exact) mass is 255 g/mol. The molecule has 2 rings (SSSR count). The molecule has 1 aromatic carbocycles. The van der Waals surface area contributed by atoms with Gasteiger partial charge in [-0.2, -0.15) is 0 Å². The molecule has 0 spiro atoms. The van der Waals surface area contributed by atoms with Crippen LogP contribution in [0.1, 0.15) is 12.0 Å². The minimum atomic E-state index is -2.03. The van der Waals surface area contributed by atoms with Crippen LogP contribution in [0.2, 0.25) is 5.02 Å². The number of carboxylic acids is 1. The number of carbonyl (C=O) groups excluding carboxylic acids is 1. The Balaban J connectivity index is 2.63. The van der Waals surface area contributed by atoms with Crippen molar-refractivity contribution < 1.29 is 19.8 Å². The molecular weight excluding hydrogens is 246 g/mol. The van der Waals surface area contributed by atoms with E-state index >= 15 is 0 Å². The van der Waals surface area contributed by atoms with Crippen molar-refractivity contribution in [1.82, 2.24) is 0 Å². The number of rotatable bonds is 2. The summed E-state index contributed by atoms with van der Waals surface area (Å²) in [4.78, 5) is 23.9. The number of carbonyl (C=O) groups is 2. The summed E-state index contributed by atoms with van der Waals surface area (Å²) in [5.74, 6) is -1.93. The molecular formula is C11H10ClNO4. The molecule has 1 heterocycles. The van der Waals surface area contributed by atoms with Crippen LogP contribution in [0.25, 0.3) is 0 Å². The summed E-state index contributed by atoms with van der Waals surface area (Å²) in [5.41, 5.74) is -1.43. The summed E-state index contributed by atoms with van der Waals surface area (Å²) in [5, 5.41) is 19.3. The highest BCUT2D eigenvalue weighted by molar-refractivity contribution is 6.35. The maximum Gasteiger partial charge on any atom is 0.307 e. The molecule has 17 heavy (non-hydrogen) atoms. The molecule has 1 aliphatic heterocycles. The van der Waals surface area contributed by atoms with E-state index in [0.29, 0.717) is 10.7 Å². The summed E-state index contributed by atoms with van der Waals surface area (Å²) in [7, 11) is 1.45. The van der Waals surface area contributed by atoms with E-state index in [1.165, 1.54) is 18.0 Å². The highest BCUT2D eigenvalue weighted by Gasteiger charge is 2.50. The number of amides is 1. The van der Waals surface area contributed by atoms with Gasteiger partial charge < -0.3 is 15.1 Å². The van der Waals surface area contributed by atoms with Crippen LogP contribution < -0.4 is 4.90 Å². The Morgan fingerprint density at radius 1 is 1.53 bits per heavy atom. The fraction of sp³-hybridized carbons (Fsp3) is 0.273. The Labute approximate surface area is 102 Å². The van der Waals surface area contributed by atoms with Gasteiger partial charge in [-0.15, -0.1) is 0 Å². The molecule has 0 fully saturated rings. The van der Waals surface area contributed by atoms with E-state index in [0.717, 1.165) is 0 Å². The molecule has 1 amide bonds. The van der Waals surface area contributed by atoms with Crippen molar-refractivity contribution in [3.8, 4) is 0 Å². The SMILES string of the molecule is CN1C(=O)C(O)(CC(=O)O)c2cccc(Cl)c21. The first-order valence-electron chi connectivity index (χ1n) is 4.89. The van der Waals surface area contributed by atoms with E-state index in [1.807, 2.05) is 0 Å². The van der Waals surface area contributed by atoms with Crippen molar-refractivity contribution in [2.75, 3.05) is 11.9 Å². The number of fused-ring (bicyclic) bond motifs is 1. The number of halogens is 1. The van der Waals surface area contributed by atoms with Gasteiger partial charge in [-0.05, 0) is 6.07 Å². The molecule has 0 aromatic heterocycles. The van der Waals surface area contributed by atoms with Crippen LogP contribution in [0.3, 0.4) is 0 Å². The van der Waals surface area contributed by atoms with E-state index in [1.54, 1.807) is 12.1 Å². The van der Waals surface area contributed by atoms with Gasteiger partial charge in [0.2, 0.25) is 0 Å². The maximum atomic E-state index is 11.9. The molecule has 90 valence electrons. The number of anilines is 1. The number of aliphatic hydroxyl groups is 1. The molecule has 0 saturated carbocycles. The smallest absolute Gasteiger partial charge is 0.307 e. The summed E-state index contributed by atoms with van der Waals surface area (Å²) in [6, 6.07) is 4.66. The van der Waals surface area contributed by atoms with Crippen molar-refractivity contribution in [3.05, 3.63) is 28.8 Å². The largest absolute Gasteiger partial charge is 0.481 e. The Hall–Kier alpha value is -1.59. The minimum absolute atomic E-state index is 0.236. The van der Waals surface area contributed by atoms with Gasteiger partial charge in [0.05, 0.1) is 17.1 Å². The van der Waals surface area contributed by atoms with Crippen LogP contribution in [-0.4, -0.2) is 29.1 Å². The number of hydrogen-bond donors (Lipinski definition) is 2. The maximum absolute atomic E-state index is 11.9. The molecule has 0 saturated heterocycles. The average Bonchev–Trinajstić information content (AvgIpc) is 2.42. The number of benzene rings is 1. The number of aliphatic carboxylic acids is 1. The molecule has 0 aliphatic carbocycles. The molecule has 5 nitrogen and oxygen atoms in total. The first-order chi connectivity index (χ1) is 7.88. The van der Waals surface area contributed by atoms with E-state index in [2.05, 4.69) is 0 Å². The van der Waals surface area contributed by atoms with E-state index in [4.69, 9.17) is 16.7 Å². The molecule has 6 heteroatoms. The zero-order valence-electron chi connectivity index (χ0n) is 8.98. The lowest BCUT2D eigenvalue weighted by molar-refractivity contribution is -0.150. The summed E-state index contributed by atoms with van der Waals surface area (Å²) in [6.07, 6.45) is -0.677. The van der Waals surface area contributed by atoms with Crippen LogP contribution >= 0.6 is 11.6 Å². The highest BCUT2D eigenvalue weighted by atomic mass is 35.5. The second-order valence-electron chi connectivity index (χ2n) is 3.93. The van der Waals surface area contributed by atoms with Crippen molar-refractivity contribution in [3.63, 3.8) is 0 Å². The topological polar surface area (TPSA) is 77.8 Å². The van der Waals surface area contributed by atoms with E-state index in [9.17, 15) is 14.7 Å². The van der Waals surface area contributed by atoms with Gasteiger partial charge in [0.1, 0.15) is 0 Å². The first kappa shape index (κ1) is 11.9. The van der Waals surface area contributed by atoms with Gasteiger partial charge in [0, 0.05) is 12.6 Å². The van der Waals surface area contributed by atoms with Gasteiger partial charge in [-0.25, -0.2) is 0 Å². The molecule has 0 radical (unpaired) electrons. The third-order valence-electron chi connectivity index (χ3n) is 2.83. The first-order valence-corrected chi connectivity index (χ1v) is 5.27. The van der Waals surface area contributed by atoms with Crippen LogP contribution in [0.4, 0.5) is 5.69 Å². The summed E-state index contributed by atoms with van der Waals surface area (Å²) >= 11 is 5.94. The predicted octanol–water partition coefficient (Wildman–Crippen LogP) is 0.979. The molecule has 1 aliphatic rings. The fourth-order valence-electron chi connectivity index (χ4n) is 2.07. The molecule has 1 aromatic rings. The van der Waals surface area contributed by atoms with Gasteiger partial charge in [-0.3, -0.25) is 9.59 Å². The van der Waals surface area contributed by atoms with Gasteiger partial charge in [-0.1, -0.05) is 23.7 Å². The summed E-state index contributed by atoms with van der Waals surface area (Å²) in [6.45, 7) is 0. The van der Waals surface area contributed by atoms with Crippen molar-refractivity contribution in [2.45, 2.75) is 12.0 Å². The van der Waals surface area contributed by atoms with Crippen LogP contribution in [0.15, 0.2) is 18.2 Å². The minimum Gasteiger partial charge on any atom is -0.481 e. The Morgan fingerprint density at radius 3 is 2.76 bits per heavy atom. The number of hydrogen-bond acceptors (Lipinski definition) is 3. The van der Waals surface area contributed by atoms with Crippen molar-refractivity contribution >= 4 is 29.2 Å². The number of carboxylic acid groups (broad SMARTS) is 1. The van der Waals surface area contributed by atoms with Crippen LogP contribution in [-0.2, 0) is 15.2 Å². The van der Waals surface area contributed by atoms with E-state index in [-0.39, 0.29) is 5.56 Å². The number of para-hydroxylation sites is 1. The number of nitrogens with zero attached hydrogens (tertiary/aromatic N) is 1. The highest BCUT2D eigenvalue weighted by Crippen LogP contribution is 2.45. The average molecular weight is 256 g/mol. The molecule has 1 atom stereocenters. The normalized spacial score (nSPS) is 22.8. The Kier molecular flexibility index (Phi) is 2.60. The second kappa shape index (κ2) is 3.72. The van der Waals surface area contributed by atoms with E-state index < -0.39 is 23.9 Å². The van der Waals surface area contributed by atoms with Gasteiger partial charge in [0.25, 0.3) is 5.91 Å². The number of likely N-dealkylation sites (N-methyl/N-ethyl adjacent to an activating group) is 1. The van der Waals surface area contributed by atoms with Gasteiger partial charge in [0.15, 0.2) is 5.60 Å². The lowest BCUT2D eigenvalue weighted by atomic mass is 9.92. The molecule has 2 N–H and O–H groups in total. The van der Waals surface area contributed by atoms with Gasteiger partial charge >= 0.3 is 5.97 Å². The van der Waals surface area contributed by atoms with Crippen LogP contribution in [0, 0.1) is 0 Å². The molecule has 1 unspecified atom stereocenters. The standard InChI is InChI=1S/C11H10ClNO4/c1-13-9-6(3-2-4-7(9)12)11(17,10(13)16)5-8(14)15/h2-4,17H,5H2,1H3,(H,14,15). The van der Waals surface area contributed by atoms with Crippen LogP contribution in [0.5, 0.6) is 0 Å². The Bertz CT molecular complexity index is 516. The zero-order valence-corrected chi connectivity index (χ0v) is 9.73. The van der Waals surface area contributed by atoms with Crippen molar-refractivity contribution in [1.29, 1.82) is 0 Å². The lowest BCUT2D eigenvalue weighted by Gasteiger charge is -2.19. The quantitative estimate of drug-likeness (QED) is 0.826. The Morgan fingerprint density at radius 2 is 2.18 bits per heavy atom. The predicted molar refractivity (Wildman–Crippen MR) is 61.0 cm³/mol. The van der Waals surface area contributed by atoms with Crippen molar-refractivity contribution in [2.24, 2.45) is 0 Å². The third-order valence-corrected chi connectivity index (χ3v) is 3.14. The molecule has 0 bridgehead atoms. The third kappa shape index (κ3) is 1.59.